The summed E-state index contributed by atoms with van der Waals surface area (Å²) in [5.41, 5.74) is 4.37. The third-order valence-corrected chi connectivity index (χ3v) is 5.97. The number of carbonyl (C=O) groups is 2. The zero-order valence-electron chi connectivity index (χ0n) is 19.8. The highest BCUT2D eigenvalue weighted by molar-refractivity contribution is 5.87. The topological polar surface area (TPSA) is 49.4 Å². The fraction of sp³-hybridized carbons (Fsp3) is 0.310. The first kappa shape index (κ1) is 24.2. The number of rotatable bonds is 10. The van der Waals surface area contributed by atoms with Crippen molar-refractivity contribution in [3.05, 3.63) is 107 Å². The zero-order chi connectivity index (χ0) is 23.6. The van der Waals surface area contributed by atoms with Crippen molar-refractivity contribution >= 4 is 11.8 Å². The normalized spacial score (nSPS) is 11.8. The average Bonchev–Trinajstić information content (AvgIpc) is 2.86. The molecule has 3 aromatic carbocycles. The molecule has 4 heteroatoms. The van der Waals surface area contributed by atoms with E-state index in [1.54, 1.807) is 4.90 Å². The molecule has 0 aliphatic carbocycles. The Morgan fingerprint density at radius 1 is 0.848 bits per heavy atom. The van der Waals surface area contributed by atoms with Gasteiger partial charge >= 0.3 is 0 Å². The van der Waals surface area contributed by atoms with E-state index in [0.29, 0.717) is 19.5 Å². The van der Waals surface area contributed by atoms with Gasteiger partial charge in [0.15, 0.2) is 0 Å². The Kier molecular flexibility index (Phi) is 8.82. The molecule has 1 N–H and O–H groups in total. The molecular weight excluding hydrogens is 408 g/mol. The fourth-order valence-corrected chi connectivity index (χ4v) is 3.96. The maximum Gasteiger partial charge on any atom is 0.242 e. The Bertz CT molecular complexity index is 977. The van der Waals surface area contributed by atoms with E-state index in [4.69, 9.17) is 0 Å². The van der Waals surface area contributed by atoms with Gasteiger partial charge in [0.2, 0.25) is 11.8 Å². The largest absolute Gasteiger partial charge is 0.354 e. The molecule has 0 spiro atoms. The highest BCUT2D eigenvalue weighted by Gasteiger charge is 2.28. The third-order valence-electron chi connectivity index (χ3n) is 5.97. The predicted octanol–water partition coefficient (Wildman–Crippen LogP) is 5.46. The van der Waals surface area contributed by atoms with E-state index >= 15 is 0 Å². The molecule has 3 rings (SSSR count). The summed E-state index contributed by atoms with van der Waals surface area (Å²) in [5, 5.41) is 2.95. The van der Waals surface area contributed by atoms with Crippen LogP contribution in [0.2, 0.25) is 0 Å². The first-order valence-corrected chi connectivity index (χ1v) is 11.7. The molecule has 0 aromatic heterocycles. The summed E-state index contributed by atoms with van der Waals surface area (Å²) >= 11 is 0. The molecule has 0 heterocycles. The number of amides is 2. The van der Waals surface area contributed by atoms with E-state index < -0.39 is 6.04 Å². The molecule has 0 saturated carbocycles. The maximum atomic E-state index is 13.7. The minimum atomic E-state index is -0.558. The van der Waals surface area contributed by atoms with Crippen LogP contribution in [-0.4, -0.2) is 29.3 Å². The minimum Gasteiger partial charge on any atom is -0.354 e. The van der Waals surface area contributed by atoms with Crippen molar-refractivity contribution in [3.63, 3.8) is 0 Å². The highest BCUT2D eigenvalue weighted by atomic mass is 16.2. The smallest absolute Gasteiger partial charge is 0.242 e. The summed E-state index contributed by atoms with van der Waals surface area (Å²) in [6, 6.07) is 27.8. The quantitative estimate of drug-likeness (QED) is 0.453. The van der Waals surface area contributed by atoms with Crippen molar-refractivity contribution in [2.45, 2.75) is 52.1 Å². The molecule has 0 fully saturated rings. The number of carbonyl (C=O) groups excluding carboxylic acids is 2. The monoisotopic (exact) mass is 442 g/mol. The van der Waals surface area contributed by atoms with Gasteiger partial charge in [-0.15, -0.1) is 0 Å². The van der Waals surface area contributed by atoms with Gasteiger partial charge in [-0.25, -0.2) is 0 Å². The van der Waals surface area contributed by atoms with Crippen LogP contribution in [0.5, 0.6) is 0 Å². The Hall–Kier alpha value is -3.40. The number of aryl methyl sites for hydroxylation is 1. The number of hydrogen-bond acceptors (Lipinski definition) is 2. The molecule has 0 unspecified atom stereocenters. The van der Waals surface area contributed by atoms with Gasteiger partial charge in [0, 0.05) is 25.4 Å². The van der Waals surface area contributed by atoms with Crippen LogP contribution in [0, 0.1) is 6.92 Å². The molecule has 1 atom stereocenters. The minimum absolute atomic E-state index is 0.0348. The summed E-state index contributed by atoms with van der Waals surface area (Å²) in [6.07, 6.45) is 1.15. The molecule has 2 amide bonds. The molecule has 3 aromatic rings. The number of hydrogen-bond donors (Lipinski definition) is 1. The summed E-state index contributed by atoms with van der Waals surface area (Å²) in [6.45, 7) is 6.88. The van der Waals surface area contributed by atoms with E-state index in [9.17, 15) is 9.59 Å². The van der Waals surface area contributed by atoms with Crippen LogP contribution >= 0.6 is 0 Å². The average molecular weight is 443 g/mol. The predicted molar refractivity (Wildman–Crippen MR) is 134 cm³/mol. The van der Waals surface area contributed by atoms with Gasteiger partial charge in [-0.05, 0) is 37.0 Å². The zero-order valence-corrected chi connectivity index (χ0v) is 19.8. The Balaban J connectivity index is 1.89. The third kappa shape index (κ3) is 6.79. The molecule has 0 saturated heterocycles. The Morgan fingerprint density at radius 2 is 1.39 bits per heavy atom. The molecule has 0 radical (unpaired) electrons. The summed E-state index contributed by atoms with van der Waals surface area (Å²) in [7, 11) is 0. The van der Waals surface area contributed by atoms with Gasteiger partial charge in [0.05, 0.1) is 0 Å². The second-order valence-corrected chi connectivity index (χ2v) is 8.55. The van der Waals surface area contributed by atoms with Gasteiger partial charge in [0.1, 0.15) is 6.04 Å². The number of nitrogens with zero attached hydrogens (tertiary/aromatic N) is 1. The van der Waals surface area contributed by atoms with Gasteiger partial charge in [-0.2, -0.15) is 0 Å². The van der Waals surface area contributed by atoms with Gasteiger partial charge in [-0.1, -0.05) is 97.4 Å². The lowest BCUT2D eigenvalue weighted by molar-refractivity contribution is -0.140. The SMILES string of the molecule is CCCNC(=O)[C@H](C)N(Cc1ccc(C)cc1)C(=O)CC(c1ccccc1)c1ccccc1. The van der Waals surface area contributed by atoms with Gasteiger partial charge in [0.25, 0.3) is 0 Å². The van der Waals surface area contributed by atoms with E-state index in [1.165, 1.54) is 5.56 Å². The lowest BCUT2D eigenvalue weighted by Crippen LogP contribution is -2.48. The lowest BCUT2D eigenvalue weighted by atomic mass is 9.88. The van der Waals surface area contributed by atoms with E-state index in [2.05, 4.69) is 29.6 Å². The van der Waals surface area contributed by atoms with E-state index in [-0.39, 0.29) is 17.7 Å². The second kappa shape index (κ2) is 12.0. The van der Waals surface area contributed by atoms with Crippen LogP contribution in [0.4, 0.5) is 0 Å². The first-order chi connectivity index (χ1) is 16.0. The van der Waals surface area contributed by atoms with Crippen molar-refractivity contribution in [3.8, 4) is 0 Å². The highest BCUT2D eigenvalue weighted by Crippen LogP contribution is 2.29. The molecule has 0 aliphatic rings. The van der Waals surface area contributed by atoms with Crippen LogP contribution in [0.15, 0.2) is 84.9 Å². The van der Waals surface area contributed by atoms with E-state index in [0.717, 1.165) is 23.1 Å². The van der Waals surface area contributed by atoms with Crippen LogP contribution in [0.25, 0.3) is 0 Å². The molecule has 0 aliphatic heterocycles. The second-order valence-electron chi connectivity index (χ2n) is 8.55. The Labute approximate surface area is 197 Å². The van der Waals surface area contributed by atoms with Crippen LogP contribution in [-0.2, 0) is 16.1 Å². The number of nitrogens with one attached hydrogen (secondary N) is 1. The molecule has 0 bridgehead atoms. The summed E-state index contributed by atoms with van der Waals surface area (Å²) < 4.78 is 0. The van der Waals surface area contributed by atoms with Gasteiger partial charge in [-0.3, -0.25) is 9.59 Å². The van der Waals surface area contributed by atoms with Crippen molar-refractivity contribution < 1.29 is 9.59 Å². The van der Waals surface area contributed by atoms with Crippen LogP contribution in [0.1, 0.15) is 54.9 Å². The Morgan fingerprint density at radius 3 is 1.91 bits per heavy atom. The van der Waals surface area contributed by atoms with Crippen LogP contribution in [0.3, 0.4) is 0 Å². The van der Waals surface area contributed by atoms with E-state index in [1.807, 2.05) is 81.4 Å². The summed E-state index contributed by atoms with van der Waals surface area (Å²) in [5.74, 6) is -0.230. The van der Waals surface area contributed by atoms with Gasteiger partial charge < -0.3 is 10.2 Å². The van der Waals surface area contributed by atoms with Crippen molar-refractivity contribution in [1.82, 2.24) is 10.2 Å². The maximum absolute atomic E-state index is 13.7. The van der Waals surface area contributed by atoms with Crippen molar-refractivity contribution in [1.29, 1.82) is 0 Å². The lowest BCUT2D eigenvalue weighted by Gasteiger charge is -2.30. The van der Waals surface area contributed by atoms with Crippen LogP contribution < -0.4 is 5.32 Å². The van der Waals surface area contributed by atoms with Crippen molar-refractivity contribution in [2.24, 2.45) is 0 Å². The number of benzene rings is 3. The fourth-order valence-electron chi connectivity index (χ4n) is 3.96. The molecule has 172 valence electrons. The molecule has 33 heavy (non-hydrogen) atoms. The first-order valence-electron chi connectivity index (χ1n) is 11.7. The standard InChI is InChI=1S/C29H34N2O2/c1-4-19-30-29(33)23(3)31(21-24-17-15-22(2)16-18-24)28(32)20-27(25-11-7-5-8-12-25)26-13-9-6-10-14-26/h5-18,23,27H,4,19-21H2,1-3H3,(H,30,33)/t23-/m0/s1. The molecule has 4 nitrogen and oxygen atoms in total. The molecular formula is C29H34N2O2. The summed E-state index contributed by atoms with van der Waals surface area (Å²) in [4.78, 5) is 28.3. The van der Waals surface area contributed by atoms with Crippen molar-refractivity contribution in [2.75, 3.05) is 6.54 Å².